The van der Waals surface area contributed by atoms with Crippen LogP contribution in [0.25, 0.3) is 0 Å². The second-order valence-corrected chi connectivity index (χ2v) is 4.98. The molecule has 2 aromatic carbocycles. The second kappa shape index (κ2) is 6.11. The molecule has 0 fully saturated rings. The number of amides is 1. The summed E-state index contributed by atoms with van der Waals surface area (Å²) >= 11 is 3.00. The van der Waals surface area contributed by atoms with Gasteiger partial charge < -0.3 is 11.1 Å². The summed E-state index contributed by atoms with van der Waals surface area (Å²) in [6.45, 7) is 0. The zero-order valence-electron chi connectivity index (χ0n) is 10.2. The summed E-state index contributed by atoms with van der Waals surface area (Å²) in [4.78, 5) is 12.0. The van der Waals surface area contributed by atoms with E-state index in [0.29, 0.717) is 11.6 Å². The van der Waals surface area contributed by atoms with E-state index in [1.165, 1.54) is 0 Å². The van der Waals surface area contributed by atoms with Gasteiger partial charge in [0, 0.05) is 10.5 Å². The third-order valence-corrected chi connectivity index (χ3v) is 3.32. The molecule has 0 heterocycles. The Morgan fingerprint density at radius 3 is 2.45 bits per heavy atom. The highest BCUT2D eigenvalue weighted by molar-refractivity contribution is 9.10. The molecule has 0 saturated heterocycles. The number of halogens is 3. The van der Waals surface area contributed by atoms with E-state index < -0.39 is 23.6 Å². The SMILES string of the molecule is NC(C(=O)Nc1c(F)cc(F)cc1Br)c1ccccc1. The van der Waals surface area contributed by atoms with Gasteiger partial charge in [0.2, 0.25) is 5.91 Å². The molecule has 104 valence electrons. The molecule has 0 aromatic heterocycles. The van der Waals surface area contributed by atoms with Crippen LogP contribution in [0.2, 0.25) is 0 Å². The van der Waals surface area contributed by atoms with Crippen molar-refractivity contribution in [1.29, 1.82) is 0 Å². The molecule has 1 unspecified atom stereocenters. The molecule has 0 aliphatic heterocycles. The van der Waals surface area contributed by atoms with Gasteiger partial charge in [-0.25, -0.2) is 8.78 Å². The van der Waals surface area contributed by atoms with Gasteiger partial charge in [-0.3, -0.25) is 4.79 Å². The lowest BCUT2D eigenvalue weighted by molar-refractivity contribution is -0.117. The van der Waals surface area contributed by atoms with Crippen molar-refractivity contribution < 1.29 is 13.6 Å². The second-order valence-electron chi connectivity index (χ2n) is 4.12. The Hall–Kier alpha value is -1.79. The van der Waals surface area contributed by atoms with E-state index in [9.17, 15) is 13.6 Å². The van der Waals surface area contributed by atoms with Gasteiger partial charge in [-0.05, 0) is 27.6 Å². The van der Waals surface area contributed by atoms with Gasteiger partial charge in [-0.15, -0.1) is 0 Å². The van der Waals surface area contributed by atoms with Gasteiger partial charge in [0.1, 0.15) is 11.9 Å². The van der Waals surface area contributed by atoms with E-state index in [1.54, 1.807) is 30.3 Å². The van der Waals surface area contributed by atoms with Crippen molar-refractivity contribution in [1.82, 2.24) is 0 Å². The highest BCUT2D eigenvalue weighted by atomic mass is 79.9. The maximum Gasteiger partial charge on any atom is 0.245 e. The molecule has 0 saturated carbocycles. The molecule has 3 nitrogen and oxygen atoms in total. The van der Waals surface area contributed by atoms with Gasteiger partial charge in [-0.1, -0.05) is 30.3 Å². The molecule has 3 N–H and O–H groups in total. The monoisotopic (exact) mass is 340 g/mol. The fourth-order valence-corrected chi connectivity index (χ4v) is 2.18. The Morgan fingerprint density at radius 2 is 1.85 bits per heavy atom. The van der Waals surface area contributed by atoms with Crippen LogP contribution in [0.15, 0.2) is 46.9 Å². The van der Waals surface area contributed by atoms with Crippen LogP contribution in [-0.2, 0) is 4.79 Å². The number of carbonyl (C=O) groups excluding carboxylic acids is 1. The smallest absolute Gasteiger partial charge is 0.245 e. The number of anilines is 1. The number of hydrogen-bond acceptors (Lipinski definition) is 2. The maximum atomic E-state index is 13.6. The Balaban J connectivity index is 2.20. The molecule has 0 spiro atoms. The summed E-state index contributed by atoms with van der Waals surface area (Å²) in [6, 6.07) is 9.49. The van der Waals surface area contributed by atoms with Crippen LogP contribution in [0.5, 0.6) is 0 Å². The van der Waals surface area contributed by atoms with Crippen molar-refractivity contribution in [2.45, 2.75) is 6.04 Å². The van der Waals surface area contributed by atoms with Gasteiger partial charge in [0.05, 0.1) is 5.69 Å². The average molecular weight is 341 g/mol. The minimum Gasteiger partial charge on any atom is -0.321 e. The summed E-state index contributed by atoms with van der Waals surface area (Å²) in [6.07, 6.45) is 0. The Labute approximate surface area is 122 Å². The molecular formula is C14H11BrF2N2O. The molecule has 2 rings (SSSR count). The van der Waals surface area contributed by atoms with E-state index in [-0.39, 0.29) is 10.2 Å². The summed E-state index contributed by atoms with van der Waals surface area (Å²) in [5.41, 5.74) is 6.26. The normalized spacial score (nSPS) is 12.0. The number of benzene rings is 2. The molecule has 0 aliphatic rings. The van der Waals surface area contributed by atoms with E-state index in [1.807, 2.05) is 0 Å². The zero-order chi connectivity index (χ0) is 14.7. The van der Waals surface area contributed by atoms with Gasteiger partial charge in [-0.2, -0.15) is 0 Å². The molecule has 2 aromatic rings. The molecular weight excluding hydrogens is 330 g/mol. The first-order valence-corrected chi connectivity index (χ1v) is 6.54. The molecule has 0 bridgehead atoms. The fourth-order valence-electron chi connectivity index (χ4n) is 1.67. The Kier molecular flexibility index (Phi) is 4.46. The summed E-state index contributed by atoms with van der Waals surface area (Å²) in [7, 11) is 0. The van der Waals surface area contributed by atoms with E-state index >= 15 is 0 Å². The summed E-state index contributed by atoms with van der Waals surface area (Å²) < 4.78 is 26.7. The van der Waals surface area contributed by atoms with Crippen molar-refractivity contribution in [3.63, 3.8) is 0 Å². The fraction of sp³-hybridized carbons (Fsp3) is 0.0714. The Bertz CT molecular complexity index is 611. The van der Waals surface area contributed by atoms with Crippen LogP contribution in [-0.4, -0.2) is 5.91 Å². The molecule has 0 aliphatic carbocycles. The third kappa shape index (κ3) is 3.20. The lowest BCUT2D eigenvalue weighted by Gasteiger charge is -2.14. The number of nitrogens with one attached hydrogen (secondary N) is 1. The van der Waals surface area contributed by atoms with E-state index in [4.69, 9.17) is 5.73 Å². The summed E-state index contributed by atoms with van der Waals surface area (Å²) in [5.74, 6) is -2.19. The minimum absolute atomic E-state index is 0.114. The zero-order valence-corrected chi connectivity index (χ0v) is 11.8. The lowest BCUT2D eigenvalue weighted by atomic mass is 10.1. The first-order valence-electron chi connectivity index (χ1n) is 5.75. The van der Waals surface area contributed by atoms with Crippen LogP contribution >= 0.6 is 15.9 Å². The maximum absolute atomic E-state index is 13.6. The number of carbonyl (C=O) groups is 1. The van der Waals surface area contributed by atoms with Gasteiger partial charge >= 0.3 is 0 Å². The quantitative estimate of drug-likeness (QED) is 0.899. The predicted octanol–water partition coefficient (Wildman–Crippen LogP) is 3.37. The highest BCUT2D eigenvalue weighted by Crippen LogP contribution is 2.27. The number of hydrogen-bond donors (Lipinski definition) is 2. The molecule has 6 heteroatoms. The largest absolute Gasteiger partial charge is 0.321 e. The number of rotatable bonds is 3. The van der Waals surface area contributed by atoms with Crippen LogP contribution in [0, 0.1) is 11.6 Å². The molecule has 1 atom stereocenters. The first kappa shape index (κ1) is 14.6. The van der Waals surface area contributed by atoms with Crippen molar-refractivity contribution in [2.75, 3.05) is 5.32 Å². The van der Waals surface area contributed by atoms with Crippen LogP contribution in [0.4, 0.5) is 14.5 Å². The minimum atomic E-state index is -0.937. The first-order chi connectivity index (χ1) is 9.49. The van der Waals surface area contributed by atoms with Crippen molar-refractivity contribution in [2.24, 2.45) is 5.73 Å². The van der Waals surface area contributed by atoms with Crippen LogP contribution < -0.4 is 11.1 Å². The van der Waals surface area contributed by atoms with Crippen LogP contribution in [0.1, 0.15) is 11.6 Å². The summed E-state index contributed by atoms with van der Waals surface area (Å²) in [5, 5.41) is 2.35. The highest BCUT2D eigenvalue weighted by Gasteiger charge is 2.19. The standard InChI is InChI=1S/C14H11BrF2N2O/c15-10-6-9(16)7-11(17)13(10)19-14(20)12(18)8-4-2-1-3-5-8/h1-7,12H,18H2,(H,19,20). The van der Waals surface area contributed by atoms with Crippen LogP contribution in [0.3, 0.4) is 0 Å². The Morgan fingerprint density at radius 1 is 1.20 bits per heavy atom. The molecule has 20 heavy (non-hydrogen) atoms. The molecule has 0 radical (unpaired) electrons. The predicted molar refractivity (Wildman–Crippen MR) is 76.1 cm³/mol. The average Bonchev–Trinajstić information content (AvgIpc) is 2.42. The lowest BCUT2D eigenvalue weighted by Crippen LogP contribution is -2.28. The van der Waals surface area contributed by atoms with E-state index in [0.717, 1.165) is 6.07 Å². The van der Waals surface area contributed by atoms with Crippen molar-refractivity contribution >= 4 is 27.5 Å². The number of nitrogens with two attached hydrogens (primary N) is 1. The van der Waals surface area contributed by atoms with Gasteiger partial charge in [0.15, 0.2) is 5.82 Å². The van der Waals surface area contributed by atoms with Crippen molar-refractivity contribution in [3.05, 3.63) is 64.1 Å². The van der Waals surface area contributed by atoms with Crippen molar-refractivity contribution in [3.8, 4) is 0 Å². The molecule has 1 amide bonds. The van der Waals surface area contributed by atoms with E-state index in [2.05, 4.69) is 21.2 Å². The topological polar surface area (TPSA) is 55.1 Å². The van der Waals surface area contributed by atoms with Gasteiger partial charge in [0.25, 0.3) is 0 Å². The third-order valence-electron chi connectivity index (χ3n) is 2.70.